The molecule has 0 N–H and O–H groups in total. The average molecular weight is 512 g/mol. The minimum absolute atomic E-state index is 0.0424. The molecule has 37 heavy (non-hydrogen) atoms. The molecule has 0 saturated carbocycles. The van der Waals surface area contributed by atoms with Crippen LogP contribution in [-0.4, -0.2) is 40.2 Å². The SMILES string of the molecule is CC(C)(C)OC(=O)n1c(OBOc2cc3cc(F)ccc3n2C(=O)OC(C)(C)C)cc2cc(F)ccc21. The summed E-state index contributed by atoms with van der Waals surface area (Å²) in [7, 11) is -0.441. The highest BCUT2D eigenvalue weighted by Gasteiger charge is 2.26. The highest BCUT2D eigenvalue weighted by atomic mass is 19.1. The molecule has 0 bridgehead atoms. The first-order valence-corrected chi connectivity index (χ1v) is 11.6. The maximum Gasteiger partial charge on any atom is 0.578 e. The van der Waals surface area contributed by atoms with Gasteiger partial charge in [-0.3, -0.25) is 0 Å². The number of benzene rings is 2. The molecule has 2 heterocycles. The van der Waals surface area contributed by atoms with E-state index in [1.54, 1.807) is 41.5 Å². The molecule has 0 fully saturated rings. The van der Waals surface area contributed by atoms with E-state index in [9.17, 15) is 18.4 Å². The number of ether oxygens (including phenoxy) is 2. The van der Waals surface area contributed by atoms with Crippen LogP contribution in [0.3, 0.4) is 0 Å². The van der Waals surface area contributed by atoms with Crippen molar-refractivity contribution in [3.05, 3.63) is 60.2 Å². The van der Waals surface area contributed by atoms with Crippen LogP contribution >= 0.6 is 0 Å². The number of carbonyl (C=O) groups excluding carboxylic acids is 2. The van der Waals surface area contributed by atoms with E-state index in [1.165, 1.54) is 57.7 Å². The van der Waals surface area contributed by atoms with Gasteiger partial charge in [0, 0.05) is 22.9 Å². The quantitative estimate of drug-likeness (QED) is 0.305. The second-order valence-corrected chi connectivity index (χ2v) is 10.4. The lowest BCUT2D eigenvalue weighted by Crippen LogP contribution is -2.28. The first-order valence-electron chi connectivity index (χ1n) is 11.6. The van der Waals surface area contributed by atoms with Crippen LogP contribution in [0, 0.1) is 11.6 Å². The van der Waals surface area contributed by atoms with Crippen molar-refractivity contribution in [3.63, 3.8) is 0 Å². The molecule has 0 amide bonds. The molecule has 0 spiro atoms. The number of hydrogen-bond donors (Lipinski definition) is 0. The number of aromatic nitrogens is 2. The van der Waals surface area contributed by atoms with Gasteiger partial charge in [0.05, 0.1) is 11.0 Å². The molecule has 0 aliphatic rings. The summed E-state index contributed by atoms with van der Waals surface area (Å²) in [5, 5.41) is 0.832. The lowest BCUT2D eigenvalue weighted by Gasteiger charge is -2.21. The predicted octanol–water partition coefficient (Wildman–Crippen LogP) is 6.16. The van der Waals surface area contributed by atoms with Crippen LogP contribution in [-0.2, 0) is 9.47 Å². The van der Waals surface area contributed by atoms with E-state index < -0.39 is 42.7 Å². The Kier molecular flexibility index (Phi) is 6.66. The number of halogens is 2. The van der Waals surface area contributed by atoms with Gasteiger partial charge in [-0.05, 0) is 77.9 Å². The fourth-order valence-corrected chi connectivity index (χ4v) is 3.68. The molecule has 4 rings (SSSR count). The summed E-state index contributed by atoms with van der Waals surface area (Å²) >= 11 is 0. The molecule has 0 saturated heterocycles. The molecule has 4 aromatic rings. The van der Waals surface area contributed by atoms with E-state index in [1.807, 2.05) is 0 Å². The van der Waals surface area contributed by atoms with Gasteiger partial charge in [0.2, 0.25) is 0 Å². The average Bonchev–Trinajstić information content (AvgIpc) is 3.28. The summed E-state index contributed by atoms with van der Waals surface area (Å²) in [6.07, 6.45) is -1.44. The Labute approximate surface area is 213 Å². The van der Waals surface area contributed by atoms with Gasteiger partial charge in [0.1, 0.15) is 22.8 Å². The van der Waals surface area contributed by atoms with Gasteiger partial charge >= 0.3 is 19.9 Å². The van der Waals surface area contributed by atoms with E-state index in [0.29, 0.717) is 21.8 Å². The third-order valence-electron chi connectivity index (χ3n) is 5.03. The molecule has 0 aliphatic heterocycles. The van der Waals surface area contributed by atoms with E-state index >= 15 is 0 Å². The Hall–Kier alpha value is -4.02. The highest BCUT2D eigenvalue weighted by Crippen LogP contribution is 2.30. The van der Waals surface area contributed by atoms with Crippen molar-refractivity contribution in [2.24, 2.45) is 0 Å². The second-order valence-electron chi connectivity index (χ2n) is 10.4. The third kappa shape index (κ3) is 5.87. The fourth-order valence-electron chi connectivity index (χ4n) is 3.68. The summed E-state index contributed by atoms with van der Waals surface area (Å²) in [6.45, 7) is 10.3. The van der Waals surface area contributed by atoms with Crippen molar-refractivity contribution < 1.29 is 37.2 Å². The molecule has 11 heteroatoms. The standard InChI is InChI=1S/C26H27BF2N2O6/c1-25(2,3)34-23(32)30-19-9-7-17(28)11-15(19)13-21(30)36-27-37-22-14-16-12-18(29)8-10-20(16)31(22)24(33)35-26(4,5)6/h7-14,27H,1-6H3. The van der Waals surface area contributed by atoms with Gasteiger partial charge < -0.3 is 18.8 Å². The van der Waals surface area contributed by atoms with Crippen LogP contribution < -0.4 is 9.31 Å². The Morgan fingerprint density at radius 3 is 1.41 bits per heavy atom. The van der Waals surface area contributed by atoms with Crippen molar-refractivity contribution in [3.8, 4) is 11.8 Å². The minimum atomic E-state index is -0.787. The van der Waals surface area contributed by atoms with E-state index in [0.717, 1.165) is 0 Å². The molecule has 8 nitrogen and oxygen atoms in total. The van der Waals surface area contributed by atoms with Crippen LogP contribution in [0.5, 0.6) is 11.8 Å². The summed E-state index contributed by atoms with van der Waals surface area (Å²) in [5.41, 5.74) is -0.816. The first-order chi connectivity index (χ1) is 17.2. The zero-order chi connectivity index (χ0) is 27.1. The van der Waals surface area contributed by atoms with Gasteiger partial charge in [-0.1, -0.05) is 0 Å². The molecule has 2 aromatic heterocycles. The summed E-state index contributed by atoms with van der Waals surface area (Å²) in [5.74, 6) is -0.877. The van der Waals surface area contributed by atoms with Crippen molar-refractivity contribution in [1.82, 2.24) is 9.13 Å². The normalized spacial score (nSPS) is 12.0. The molecule has 0 unspecified atom stereocenters. The maximum absolute atomic E-state index is 13.8. The maximum atomic E-state index is 13.8. The van der Waals surface area contributed by atoms with Gasteiger partial charge in [0.15, 0.2) is 11.8 Å². The third-order valence-corrected chi connectivity index (χ3v) is 5.03. The Morgan fingerprint density at radius 1 is 0.676 bits per heavy atom. The summed E-state index contributed by atoms with van der Waals surface area (Å²) in [4.78, 5) is 25.9. The van der Waals surface area contributed by atoms with Gasteiger partial charge in [-0.2, -0.15) is 0 Å². The van der Waals surface area contributed by atoms with E-state index in [4.69, 9.17) is 18.8 Å². The summed E-state index contributed by atoms with van der Waals surface area (Å²) in [6, 6.07) is 10.8. The van der Waals surface area contributed by atoms with Crippen LogP contribution in [0.25, 0.3) is 21.8 Å². The Morgan fingerprint density at radius 2 is 1.05 bits per heavy atom. The lowest BCUT2D eigenvalue weighted by atomic mass is 10.2. The Bertz CT molecular complexity index is 1390. The molecule has 194 valence electrons. The molecule has 0 radical (unpaired) electrons. The monoisotopic (exact) mass is 512 g/mol. The van der Waals surface area contributed by atoms with Crippen molar-refractivity contribution >= 4 is 41.7 Å². The van der Waals surface area contributed by atoms with Gasteiger partial charge in [-0.25, -0.2) is 27.5 Å². The minimum Gasteiger partial charge on any atom is -0.515 e. The zero-order valence-corrected chi connectivity index (χ0v) is 21.4. The summed E-state index contributed by atoms with van der Waals surface area (Å²) < 4.78 is 52.4. The van der Waals surface area contributed by atoms with Crippen LogP contribution in [0.15, 0.2) is 48.5 Å². The number of fused-ring (bicyclic) bond motifs is 2. The topological polar surface area (TPSA) is 80.9 Å². The Balaban J connectivity index is 1.65. The lowest BCUT2D eigenvalue weighted by molar-refractivity contribution is 0.0528. The highest BCUT2D eigenvalue weighted by molar-refractivity contribution is 6.21. The smallest absolute Gasteiger partial charge is 0.515 e. The zero-order valence-electron chi connectivity index (χ0n) is 21.4. The van der Waals surface area contributed by atoms with Crippen molar-refractivity contribution in [2.45, 2.75) is 52.7 Å². The number of carbonyl (C=O) groups is 2. The molecule has 0 atom stereocenters. The molecule has 0 aliphatic carbocycles. The van der Waals surface area contributed by atoms with Crippen LogP contribution in [0.1, 0.15) is 41.5 Å². The molecular weight excluding hydrogens is 485 g/mol. The van der Waals surface area contributed by atoms with E-state index in [2.05, 4.69) is 0 Å². The van der Waals surface area contributed by atoms with E-state index in [-0.39, 0.29) is 11.8 Å². The van der Waals surface area contributed by atoms with Crippen molar-refractivity contribution in [1.29, 1.82) is 0 Å². The van der Waals surface area contributed by atoms with Crippen LogP contribution in [0.4, 0.5) is 18.4 Å². The van der Waals surface area contributed by atoms with Gasteiger partial charge in [-0.15, -0.1) is 0 Å². The molecular formula is C26H27BF2N2O6. The van der Waals surface area contributed by atoms with Crippen LogP contribution in [0.2, 0.25) is 0 Å². The number of nitrogens with zero attached hydrogens (tertiary/aromatic N) is 2. The number of rotatable bonds is 4. The van der Waals surface area contributed by atoms with Crippen molar-refractivity contribution in [2.75, 3.05) is 0 Å². The predicted molar refractivity (Wildman–Crippen MR) is 135 cm³/mol. The second kappa shape index (κ2) is 9.46. The van der Waals surface area contributed by atoms with Gasteiger partial charge in [0.25, 0.3) is 0 Å². The fraction of sp³-hybridized carbons (Fsp3) is 0.308. The first kappa shape index (κ1) is 26.1. The largest absolute Gasteiger partial charge is 0.578 e. The molecule has 2 aromatic carbocycles. The number of hydrogen-bond acceptors (Lipinski definition) is 6.